The lowest BCUT2D eigenvalue weighted by Gasteiger charge is -2.12. The normalized spacial score (nSPS) is 11.5. The first kappa shape index (κ1) is 20.0. The summed E-state index contributed by atoms with van der Waals surface area (Å²) in [4.78, 5) is 4.34. The van der Waals surface area contributed by atoms with Crippen LogP contribution in [0.3, 0.4) is 0 Å². The molecule has 3 heteroatoms. The molecular formula is C23H32N2O. The molecule has 2 rings (SSSR count). The highest BCUT2D eigenvalue weighted by molar-refractivity contribution is 5.67. The fourth-order valence-electron chi connectivity index (χ4n) is 2.82. The summed E-state index contributed by atoms with van der Waals surface area (Å²) in [6.45, 7) is 10.3. The van der Waals surface area contributed by atoms with Gasteiger partial charge in [0.1, 0.15) is 12.4 Å². The standard InChI is InChI=1S/C23H32N2O/c1-5-6-15-25-18-24-17-22(25)21-12-7-8-13-23(21)26-16-14-20(4)11-9-10-19(2)3/h7-8,10,12-14,17-18H,5-6,9,11,15-16H2,1-4H3. The molecule has 26 heavy (non-hydrogen) atoms. The molecule has 0 aliphatic carbocycles. The van der Waals surface area contributed by atoms with E-state index in [1.54, 1.807) is 0 Å². The second kappa shape index (κ2) is 10.6. The van der Waals surface area contributed by atoms with E-state index in [-0.39, 0.29) is 0 Å². The second-order valence-corrected chi connectivity index (χ2v) is 7.00. The molecule has 0 spiro atoms. The fourth-order valence-corrected chi connectivity index (χ4v) is 2.82. The maximum atomic E-state index is 6.09. The van der Waals surface area contributed by atoms with Gasteiger partial charge in [0, 0.05) is 12.1 Å². The summed E-state index contributed by atoms with van der Waals surface area (Å²) >= 11 is 0. The molecule has 0 unspecified atom stereocenters. The Labute approximate surface area is 158 Å². The van der Waals surface area contributed by atoms with Crippen LogP contribution in [0.1, 0.15) is 53.4 Å². The number of hydrogen-bond donors (Lipinski definition) is 0. The zero-order valence-corrected chi connectivity index (χ0v) is 16.7. The van der Waals surface area contributed by atoms with E-state index in [0.29, 0.717) is 6.61 Å². The van der Waals surface area contributed by atoms with Crippen LogP contribution in [0.2, 0.25) is 0 Å². The summed E-state index contributed by atoms with van der Waals surface area (Å²) < 4.78 is 8.30. The number of aromatic nitrogens is 2. The van der Waals surface area contributed by atoms with E-state index in [0.717, 1.165) is 42.8 Å². The summed E-state index contributed by atoms with van der Waals surface area (Å²) in [6.07, 6.45) is 12.8. The lowest BCUT2D eigenvalue weighted by Crippen LogP contribution is -2.01. The van der Waals surface area contributed by atoms with Crippen molar-refractivity contribution in [3.05, 3.63) is 60.1 Å². The Kier molecular flexibility index (Phi) is 8.20. The lowest BCUT2D eigenvalue weighted by molar-refractivity contribution is 0.363. The molecule has 1 heterocycles. The molecule has 0 aliphatic heterocycles. The molecule has 1 aromatic heterocycles. The number of nitrogens with zero attached hydrogens (tertiary/aromatic N) is 2. The predicted molar refractivity (Wildman–Crippen MR) is 110 cm³/mol. The Hall–Kier alpha value is -2.29. The summed E-state index contributed by atoms with van der Waals surface area (Å²) in [5.74, 6) is 0.916. The molecule has 0 saturated carbocycles. The van der Waals surface area contributed by atoms with Gasteiger partial charge in [-0.05, 0) is 58.2 Å². The van der Waals surface area contributed by atoms with Crippen molar-refractivity contribution in [1.29, 1.82) is 0 Å². The van der Waals surface area contributed by atoms with Crippen LogP contribution in [-0.4, -0.2) is 16.2 Å². The monoisotopic (exact) mass is 352 g/mol. The second-order valence-electron chi connectivity index (χ2n) is 7.00. The van der Waals surface area contributed by atoms with E-state index < -0.39 is 0 Å². The van der Waals surface area contributed by atoms with Gasteiger partial charge in [-0.1, -0.05) is 42.7 Å². The molecule has 140 valence electrons. The number of imidazole rings is 1. The zero-order valence-electron chi connectivity index (χ0n) is 16.7. The highest BCUT2D eigenvalue weighted by atomic mass is 16.5. The molecule has 2 aromatic rings. The predicted octanol–water partition coefficient (Wildman–Crippen LogP) is 6.42. The average Bonchev–Trinajstić information content (AvgIpc) is 3.08. The summed E-state index contributed by atoms with van der Waals surface area (Å²) in [5.41, 5.74) is 4.98. The summed E-state index contributed by atoms with van der Waals surface area (Å²) in [7, 11) is 0. The summed E-state index contributed by atoms with van der Waals surface area (Å²) in [6, 6.07) is 8.23. The smallest absolute Gasteiger partial charge is 0.129 e. The molecule has 0 amide bonds. The van der Waals surface area contributed by atoms with Crippen molar-refractivity contribution in [2.45, 2.75) is 59.9 Å². The Morgan fingerprint density at radius 3 is 2.73 bits per heavy atom. The van der Waals surface area contributed by atoms with E-state index in [1.807, 2.05) is 24.7 Å². The molecule has 1 aromatic carbocycles. The number of benzene rings is 1. The highest BCUT2D eigenvalue weighted by Crippen LogP contribution is 2.30. The van der Waals surface area contributed by atoms with Crippen molar-refractivity contribution < 1.29 is 4.74 Å². The van der Waals surface area contributed by atoms with Gasteiger partial charge in [0.25, 0.3) is 0 Å². The maximum absolute atomic E-state index is 6.09. The van der Waals surface area contributed by atoms with E-state index in [2.05, 4.69) is 61.5 Å². The number of ether oxygens (including phenoxy) is 1. The van der Waals surface area contributed by atoms with Gasteiger partial charge in [0.2, 0.25) is 0 Å². The molecule has 0 N–H and O–H groups in total. The first-order chi connectivity index (χ1) is 12.6. The van der Waals surface area contributed by atoms with Crippen molar-refractivity contribution >= 4 is 0 Å². The topological polar surface area (TPSA) is 27.1 Å². The van der Waals surface area contributed by atoms with Crippen LogP contribution < -0.4 is 4.74 Å². The van der Waals surface area contributed by atoms with Gasteiger partial charge >= 0.3 is 0 Å². The van der Waals surface area contributed by atoms with Crippen molar-refractivity contribution in [1.82, 2.24) is 9.55 Å². The van der Waals surface area contributed by atoms with Crippen LogP contribution in [0.5, 0.6) is 5.75 Å². The van der Waals surface area contributed by atoms with Crippen LogP contribution >= 0.6 is 0 Å². The van der Waals surface area contributed by atoms with Gasteiger partial charge in [-0.15, -0.1) is 0 Å². The van der Waals surface area contributed by atoms with Gasteiger partial charge in [-0.2, -0.15) is 0 Å². The Bertz CT molecular complexity index is 736. The third-order valence-electron chi connectivity index (χ3n) is 4.39. The number of unbranched alkanes of at least 4 members (excludes halogenated alkanes) is 1. The van der Waals surface area contributed by atoms with E-state index in [4.69, 9.17) is 4.74 Å². The molecule has 3 nitrogen and oxygen atoms in total. The third-order valence-corrected chi connectivity index (χ3v) is 4.39. The van der Waals surface area contributed by atoms with Crippen LogP contribution in [0.4, 0.5) is 0 Å². The molecule has 0 fully saturated rings. The largest absolute Gasteiger partial charge is 0.489 e. The first-order valence-electron chi connectivity index (χ1n) is 9.63. The van der Waals surface area contributed by atoms with Crippen LogP contribution in [0.25, 0.3) is 11.3 Å². The quantitative estimate of drug-likeness (QED) is 0.461. The number of hydrogen-bond acceptors (Lipinski definition) is 2. The zero-order chi connectivity index (χ0) is 18.8. The minimum Gasteiger partial charge on any atom is -0.489 e. The van der Waals surface area contributed by atoms with Gasteiger partial charge < -0.3 is 9.30 Å². The van der Waals surface area contributed by atoms with Crippen molar-refractivity contribution in [3.8, 4) is 17.0 Å². The van der Waals surface area contributed by atoms with Crippen molar-refractivity contribution in [3.63, 3.8) is 0 Å². The Morgan fingerprint density at radius 2 is 1.96 bits per heavy atom. The van der Waals surface area contributed by atoms with E-state index >= 15 is 0 Å². The minimum absolute atomic E-state index is 0.598. The Morgan fingerprint density at radius 1 is 1.15 bits per heavy atom. The fraction of sp³-hybridized carbons (Fsp3) is 0.435. The van der Waals surface area contributed by atoms with E-state index in [9.17, 15) is 0 Å². The molecule has 0 atom stereocenters. The average molecular weight is 353 g/mol. The number of rotatable bonds is 10. The maximum Gasteiger partial charge on any atom is 0.129 e. The number of para-hydroxylation sites is 1. The molecule has 0 radical (unpaired) electrons. The van der Waals surface area contributed by atoms with Gasteiger partial charge in [0.15, 0.2) is 0 Å². The summed E-state index contributed by atoms with van der Waals surface area (Å²) in [5, 5.41) is 0. The lowest BCUT2D eigenvalue weighted by atomic mass is 10.1. The van der Waals surface area contributed by atoms with Crippen molar-refractivity contribution in [2.24, 2.45) is 0 Å². The molecule has 0 aliphatic rings. The van der Waals surface area contributed by atoms with Crippen LogP contribution in [0.15, 0.2) is 60.1 Å². The molecular weight excluding hydrogens is 320 g/mol. The molecule has 0 bridgehead atoms. The SMILES string of the molecule is CCCCn1cncc1-c1ccccc1OCC=C(C)CCC=C(C)C. The Balaban J connectivity index is 2.03. The van der Waals surface area contributed by atoms with Crippen molar-refractivity contribution in [2.75, 3.05) is 6.61 Å². The molecule has 0 saturated heterocycles. The van der Waals surface area contributed by atoms with Gasteiger partial charge in [-0.25, -0.2) is 4.98 Å². The van der Waals surface area contributed by atoms with Gasteiger partial charge in [0.05, 0.1) is 18.2 Å². The number of aryl methyl sites for hydroxylation is 1. The van der Waals surface area contributed by atoms with Gasteiger partial charge in [-0.3, -0.25) is 0 Å². The number of allylic oxidation sites excluding steroid dienone is 3. The first-order valence-corrected chi connectivity index (χ1v) is 9.63. The minimum atomic E-state index is 0.598. The highest BCUT2D eigenvalue weighted by Gasteiger charge is 2.10. The van der Waals surface area contributed by atoms with E-state index in [1.165, 1.54) is 17.6 Å². The van der Waals surface area contributed by atoms with Crippen LogP contribution in [-0.2, 0) is 6.54 Å². The third kappa shape index (κ3) is 6.21. The van der Waals surface area contributed by atoms with Crippen LogP contribution in [0, 0.1) is 0 Å².